The van der Waals surface area contributed by atoms with Gasteiger partial charge in [-0.25, -0.2) is 4.98 Å². The van der Waals surface area contributed by atoms with Crippen LogP contribution in [0.4, 0.5) is 0 Å². The van der Waals surface area contributed by atoms with Gasteiger partial charge >= 0.3 is 0 Å². The van der Waals surface area contributed by atoms with E-state index in [1.54, 1.807) is 11.8 Å². The number of oxazole rings is 1. The van der Waals surface area contributed by atoms with Gasteiger partial charge in [0.15, 0.2) is 12.2 Å². The number of hydrogen-bond donors (Lipinski definition) is 0. The molecule has 0 saturated carbocycles. The summed E-state index contributed by atoms with van der Waals surface area (Å²) in [5, 5.41) is 3.94. The number of piperidine rings is 1. The van der Waals surface area contributed by atoms with Crippen molar-refractivity contribution in [2.45, 2.75) is 25.7 Å². The minimum absolute atomic E-state index is 0.123. The number of amides is 1. The Morgan fingerprint density at radius 2 is 2.42 bits per heavy atom. The molecule has 100 valence electrons. The number of rotatable bonds is 2. The van der Waals surface area contributed by atoms with E-state index in [0.717, 1.165) is 12.8 Å². The van der Waals surface area contributed by atoms with Crippen molar-refractivity contribution in [2.75, 3.05) is 13.1 Å². The molecule has 2 aromatic heterocycles. The van der Waals surface area contributed by atoms with Crippen molar-refractivity contribution in [1.82, 2.24) is 20.0 Å². The number of carbonyl (C=O) groups is 1. The predicted octanol–water partition coefficient (Wildman–Crippen LogP) is 1.39. The number of aromatic nitrogens is 3. The summed E-state index contributed by atoms with van der Waals surface area (Å²) in [4.78, 5) is 21.9. The van der Waals surface area contributed by atoms with E-state index in [4.69, 9.17) is 8.94 Å². The summed E-state index contributed by atoms with van der Waals surface area (Å²) >= 11 is 0. The van der Waals surface area contributed by atoms with Gasteiger partial charge in [-0.3, -0.25) is 4.79 Å². The molecule has 0 radical (unpaired) electrons. The molecule has 3 heterocycles. The zero-order chi connectivity index (χ0) is 13.2. The van der Waals surface area contributed by atoms with Crippen LogP contribution in [0.25, 0.3) is 0 Å². The van der Waals surface area contributed by atoms with Gasteiger partial charge in [0.25, 0.3) is 5.91 Å². The molecule has 1 unspecified atom stereocenters. The van der Waals surface area contributed by atoms with E-state index in [2.05, 4.69) is 15.1 Å². The number of aryl methyl sites for hydroxylation is 1. The highest BCUT2D eigenvalue weighted by Gasteiger charge is 2.29. The molecular weight excluding hydrogens is 248 g/mol. The van der Waals surface area contributed by atoms with Gasteiger partial charge in [-0.15, -0.1) is 0 Å². The molecule has 1 saturated heterocycles. The average Bonchev–Trinajstić information content (AvgIpc) is 3.09. The van der Waals surface area contributed by atoms with Crippen molar-refractivity contribution >= 4 is 5.91 Å². The van der Waals surface area contributed by atoms with Crippen LogP contribution in [0.2, 0.25) is 0 Å². The first-order valence-electron chi connectivity index (χ1n) is 6.22. The Balaban J connectivity index is 1.73. The second-order valence-electron chi connectivity index (χ2n) is 4.63. The third kappa shape index (κ3) is 2.35. The lowest BCUT2D eigenvalue weighted by Crippen LogP contribution is -2.39. The highest BCUT2D eigenvalue weighted by Crippen LogP contribution is 2.25. The number of carbonyl (C=O) groups excluding carboxylic acids is 1. The summed E-state index contributed by atoms with van der Waals surface area (Å²) in [5.41, 5.74) is 0. The van der Waals surface area contributed by atoms with Gasteiger partial charge in [-0.05, 0) is 12.8 Å². The van der Waals surface area contributed by atoms with Gasteiger partial charge in [0, 0.05) is 25.9 Å². The zero-order valence-corrected chi connectivity index (χ0v) is 10.6. The molecule has 1 atom stereocenters. The molecule has 0 bridgehead atoms. The van der Waals surface area contributed by atoms with Crippen LogP contribution in [0.3, 0.4) is 0 Å². The average molecular weight is 262 g/mol. The quantitative estimate of drug-likeness (QED) is 0.812. The van der Waals surface area contributed by atoms with E-state index < -0.39 is 0 Å². The maximum atomic E-state index is 12.2. The fraction of sp³-hybridized carbons (Fsp3) is 0.500. The SMILES string of the molecule is Cc1nc(C2CCCN(C(=O)c3cnco3)C2)no1. The molecule has 2 aromatic rings. The Hall–Kier alpha value is -2.18. The van der Waals surface area contributed by atoms with Crippen LogP contribution < -0.4 is 0 Å². The van der Waals surface area contributed by atoms with Gasteiger partial charge in [-0.1, -0.05) is 5.16 Å². The summed E-state index contributed by atoms with van der Waals surface area (Å²) in [6.45, 7) is 3.06. The lowest BCUT2D eigenvalue weighted by atomic mass is 9.97. The van der Waals surface area contributed by atoms with Crippen molar-refractivity contribution in [1.29, 1.82) is 0 Å². The number of hydrogen-bond acceptors (Lipinski definition) is 6. The molecule has 1 aliphatic heterocycles. The van der Waals surface area contributed by atoms with E-state index in [1.165, 1.54) is 12.6 Å². The summed E-state index contributed by atoms with van der Waals surface area (Å²) < 4.78 is 10.0. The van der Waals surface area contributed by atoms with Crippen molar-refractivity contribution < 1.29 is 13.7 Å². The highest BCUT2D eigenvalue weighted by molar-refractivity contribution is 5.91. The molecule has 0 N–H and O–H groups in total. The summed E-state index contributed by atoms with van der Waals surface area (Å²) in [7, 11) is 0. The van der Waals surface area contributed by atoms with Crippen LogP contribution in [0, 0.1) is 6.92 Å². The third-order valence-electron chi connectivity index (χ3n) is 3.26. The maximum absolute atomic E-state index is 12.2. The van der Waals surface area contributed by atoms with Gasteiger partial charge < -0.3 is 13.8 Å². The van der Waals surface area contributed by atoms with Crippen LogP contribution >= 0.6 is 0 Å². The lowest BCUT2D eigenvalue weighted by Gasteiger charge is -2.30. The minimum Gasteiger partial charge on any atom is -0.438 e. The Morgan fingerprint density at radius 3 is 3.11 bits per heavy atom. The number of nitrogens with zero attached hydrogens (tertiary/aromatic N) is 4. The van der Waals surface area contributed by atoms with E-state index >= 15 is 0 Å². The predicted molar refractivity (Wildman–Crippen MR) is 63.4 cm³/mol. The van der Waals surface area contributed by atoms with Crippen molar-refractivity contribution in [3.05, 3.63) is 30.1 Å². The van der Waals surface area contributed by atoms with Crippen LogP contribution in [0.5, 0.6) is 0 Å². The minimum atomic E-state index is -0.137. The van der Waals surface area contributed by atoms with Crippen LogP contribution in [-0.2, 0) is 0 Å². The second-order valence-corrected chi connectivity index (χ2v) is 4.63. The fourth-order valence-corrected chi connectivity index (χ4v) is 2.33. The molecule has 0 aliphatic carbocycles. The molecule has 19 heavy (non-hydrogen) atoms. The maximum Gasteiger partial charge on any atom is 0.291 e. The summed E-state index contributed by atoms with van der Waals surface area (Å²) in [6, 6.07) is 0. The summed E-state index contributed by atoms with van der Waals surface area (Å²) in [5.74, 6) is 1.48. The van der Waals surface area contributed by atoms with Crippen molar-refractivity contribution in [2.24, 2.45) is 0 Å². The normalized spacial score (nSPS) is 19.6. The van der Waals surface area contributed by atoms with E-state index in [1.807, 2.05) is 0 Å². The molecular formula is C12H14N4O3. The monoisotopic (exact) mass is 262 g/mol. The summed E-state index contributed by atoms with van der Waals surface area (Å²) in [6.07, 6.45) is 4.57. The molecule has 7 nitrogen and oxygen atoms in total. The lowest BCUT2D eigenvalue weighted by molar-refractivity contribution is 0.0671. The molecule has 1 fully saturated rings. The van der Waals surface area contributed by atoms with Gasteiger partial charge in [-0.2, -0.15) is 4.98 Å². The standard InChI is InChI=1S/C12H14N4O3/c1-8-14-11(15-19-8)9-3-2-4-16(6-9)12(17)10-5-13-7-18-10/h5,7,9H,2-4,6H2,1H3. The van der Waals surface area contributed by atoms with Gasteiger partial charge in [0.05, 0.1) is 6.20 Å². The molecule has 1 aliphatic rings. The first kappa shape index (κ1) is 11.9. The Bertz CT molecular complexity index is 563. The second kappa shape index (κ2) is 4.83. The van der Waals surface area contributed by atoms with Gasteiger partial charge in [0.1, 0.15) is 0 Å². The Labute approximate surface area is 109 Å². The fourth-order valence-electron chi connectivity index (χ4n) is 2.33. The molecule has 0 aromatic carbocycles. The molecule has 1 amide bonds. The first-order valence-corrected chi connectivity index (χ1v) is 6.22. The number of likely N-dealkylation sites (tertiary alicyclic amines) is 1. The van der Waals surface area contributed by atoms with Gasteiger partial charge in [0.2, 0.25) is 11.7 Å². The molecule has 0 spiro atoms. The van der Waals surface area contributed by atoms with E-state index in [9.17, 15) is 4.79 Å². The first-order chi connectivity index (χ1) is 9.24. The highest BCUT2D eigenvalue weighted by atomic mass is 16.5. The molecule has 3 rings (SSSR count). The van der Waals surface area contributed by atoms with E-state index in [-0.39, 0.29) is 17.6 Å². The zero-order valence-electron chi connectivity index (χ0n) is 10.6. The van der Waals surface area contributed by atoms with Crippen molar-refractivity contribution in [3.63, 3.8) is 0 Å². The largest absolute Gasteiger partial charge is 0.438 e. The molecule has 7 heteroatoms. The Morgan fingerprint density at radius 1 is 1.53 bits per heavy atom. The smallest absolute Gasteiger partial charge is 0.291 e. The van der Waals surface area contributed by atoms with Crippen LogP contribution in [-0.4, -0.2) is 39.0 Å². The Kier molecular flexibility index (Phi) is 3.02. The van der Waals surface area contributed by atoms with Crippen LogP contribution in [0.15, 0.2) is 21.5 Å². The van der Waals surface area contributed by atoms with E-state index in [0.29, 0.717) is 24.8 Å². The third-order valence-corrected chi connectivity index (χ3v) is 3.26. The van der Waals surface area contributed by atoms with Crippen LogP contribution in [0.1, 0.15) is 41.0 Å². The topological polar surface area (TPSA) is 85.3 Å². The van der Waals surface area contributed by atoms with Crippen molar-refractivity contribution in [3.8, 4) is 0 Å².